The molecule has 1 rings (SSSR count). The van der Waals surface area contributed by atoms with E-state index >= 15 is 0 Å². The Morgan fingerprint density at radius 1 is 1.58 bits per heavy atom. The van der Waals surface area contributed by atoms with E-state index in [0.29, 0.717) is 11.0 Å². The van der Waals surface area contributed by atoms with Crippen molar-refractivity contribution >= 4 is 39.4 Å². The van der Waals surface area contributed by atoms with E-state index in [1.165, 1.54) is 11.1 Å². The highest BCUT2D eigenvalue weighted by Crippen LogP contribution is 2.20. The molecular formula is C12H14BrClN2O3. The molecule has 1 N–H and O–H groups in total. The molecule has 0 fully saturated rings. The monoisotopic (exact) mass is 348 g/mol. The van der Waals surface area contributed by atoms with Crippen molar-refractivity contribution < 1.29 is 14.7 Å². The van der Waals surface area contributed by atoms with Crippen molar-refractivity contribution in [2.24, 2.45) is 5.92 Å². The van der Waals surface area contributed by atoms with E-state index in [4.69, 9.17) is 16.7 Å². The Balaban J connectivity index is 2.95. The molecule has 0 radical (unpaired) electrons. The van der Waals surface area contributed by atoms with Gasteiger partial charge < -0.3 is 10.0 Å². The van der Waals surface area contributed by atoms with Gasteiger partial charge in [0.15, 0.2) is 0 Å². The highest BCUT2D eigenvalue weighted by molar-refractivity contribution is 9.10. The molecule has 1 amide bonds. The first-order valence-electron chi connectivity index (χ1n) is 5.70. The number of aromatic nitrogens is 1. The van der Waals surface area contributed by atoms with Gasteiger partial charge in [-0.1, -0.05) is 18.5 Å². The molecule has 0 aliphatic heterocycles. The van der Waals surface area contributed by atoms with Gasteiger partial charge in [-0.15, -0.1) is 0 Å². The predicted molar refractivity (Wildman–Crippen MR) is 75.3 cm³/mol. The standard InChI is InChI=1S/C12H14BrClN2O3/c1-3-16(6-7(2)12(18)19)11(17)9-4-8(13)5-15-10(9)14/h4-5,7H,3,6H2,1-2H3,(H,18,19). The van der Waals surface area contributed by atoms with Crippen LogP contribution in [0.25, 0.3) is 0 Å². The topological polar surface area (TPSA) is 70.5 Å². The molecule has 1 aromatic rings. The zero-order valence-electron chi connectivity index (χ0n) is 10.6. The molecular weight excluding hydrogens is 336 g/mol. The number of amides is 1. The van der Waals surface area contributed by atoms with E-state index in [-0.39, 0.29) is 23.2 Å². The molecule has 0 bridgehead atoms. The average molecular weight is 350 g/mol. The summed E-state index contributed by atoms with van der Waals surface area (Å²) in [5.74, 6) is -1.90. The molecule has 0 aromatic carbocycles. The lowest BCUT2D eigenvalue weighted by atomic mass is 10.1. The highest BCUT2D eigenvalue weighted by atomic mass is 79.9. The Bertz CT molecular complexity index is 496. The van der Waals surface area contributed by atoms with Gasteiger partial charge in [0.1, 0.15) is 5.15 Å². The van der Waals surface area contributed by atoms with Crippen LogP contribution >= 0.6 is 27.5 Å². The van der Waals surface area contributed by atoms with Crippen molar-refractivity contribution in [3.63, 3.8) is 0 Å². The van der Waals surface area contributed by atoms with Crippen LogP contribution in [0.15, 0.2) is 16.7 Å². The fourth-order valence-corrected chi connectivity index (χ4v) is 2.02. The Labute approximate surface area is 124 Å². The summed E-state index contributed by atoms with van der Waals surface area (Å²) in [7, 11) is 0. The lowest BCUT2D eigenvalue weighted by Crippen LogP contribution is -2.37. The van der Waals surface area contributed by atoms with Crippen LogP contribution in [0.1, 0.15) is 24.2 Å². The number of nitrogens with zero attached hydrogens (tertiary/aromatic N) is 2. The minimum atomic E-state index is -0.940. The van der Waals surface area contributed by atoms with Crippen molar-refractivity contribution in [2.75, 3.05) is 13.1 Å². The summed E-state index contributed by atoms with van der Waals surface area (Å²) in [5.41, 5.74) is 0.260. The molecule has 7 heteroatoms. The number of carbonyl (C=O) groups is 2. The van der Waals surface area contributed by atoms with E-state index in [9.17, 15) is 9.59 Å². The number of hydrogen-bond acceptors (Lipinski definition) is 3. The summed E-state index contributed by atoms with van der Waals surface area (Å²) in [6.45, 7) is 3.87. The van der Waals surface area contributed by atoms with Gasteiger partial charge in [-0.2, -0.15) is 0 Å². The Kier molecular flexibility index (Phi) is 5.75. The summed E-state index contributed by atoms with van der Waals surface area (Å²) in [5, 5.41) is 9.00. The number of carboxylic acid groups (broad SMARTS) is 1. The Morgan fingerprint density at radius 2 is 2.21 bits per heavy atom. The summed E-state index contributed by atoms with van der Waals surface area (Å²) in [6.07, 6.45) is 1.50. The zero-order valence-corrected chi connectivity index (χ0v) is 12.9. The molecule has 1 atom stereocenters. The fraction of sp³-hybridized carbons (Fsp3) is 0.417. The van der Waals surface area contributed by atoms with E-state index in [0.717, 1.165) is 0 Å². The maximum absolute atomic E-state index is 12.3. The lowest BCUT2D eigenvalue weighted by Gasteiger charge is -2.23. The summed E-state index contributed by atoms with van der Waals surface area (Å²) < 4.78 is 0.641. The first-order chi connectivity index (χ1) is 8.86. The largest absolute Gasteiger partial charge is 0.481 e. The fourth-order valence-electron chi connectivity index (χ4n) is 1.51. The van der Waals surface area contributed by atoms with Crippen molar-refractivity contribution in [2.45, 2.75) is 13.8 Å². The number of carbonyl (C=O) groups excluding carboxylic acids is 1. The third-order valence-corrected chi connectivity index (χ3v) is 3.36. The molecule has 0 saturated heterocycles. The molecule has 5 nitrogen and oxygen atoms in total. The predicted octanol–water partition coefficient (Wildman–Crippen LogP) is 2.68. The van der Waals surface area contributed by atoms with Crippen LogP contribution in [0.3, 0.4) is 0 Å². The van der Waals surface area contributed by atoms with Crippen molar-refractivity contribution in [1.29, 1.82) is 0 Å². The van der Waals surface area contributed by atoms with Crippen molar-refractivity contribution in [1.82, 2.24) is 9.88 Å². The van der Waals surface area contributed by atoms with Gasteiger partial charge in [0.05, 0.1) is 11.5 Å². The number of aliphatic carboxylic acids is 1. The van der Waals surface area contributed by atoms with Gasteiger partial charge in [-0.25, -0.2) is 4.98 Å². The summed E-state index contributed by atoms with van der Waals surface area (Å²) in [6, 6.07) is 1.58. The molecule has 19 heavy (non-hydrogen) atoms. The normalized spacial score (nSPS) is 12.0. The van der Waals surface area contributed by atoms with Gasteiger partial charge in [-0.05, 0) is 28.9 Å². The number of carboxylic acids is 1. The number of halogens is 2. The van der Waals surface area contributed by atoms with Crippen molar-refractivity contribution in [3.8, 4) is 0 Å². The van der Waals surface area contributed by atoms with Crippen LogP contribution in [-0.4, -0.2) is 40.0 Å². The Morgan fingerprint density at radius 3 is 2.74 bits per heavy atom. The quantitative estimate of drug-likeness (QED) is 0.830. The number of rotatable bonds is 5. The maximum atomic E-state index is 12.3. The van der Waals surface area contributed by atoms with Crippen molar-refractivity contribution in [3.05, 3.63) is 27.5 Å². The first-order valence-corrected chi connectivity index (χ1v) is 6.87. The van der Waals surface area contributed by atoms with Gasteiger partial charge in [0.2, 0.25) is 0 Å². The second-order valence-corrected chi connectivity index (χ2v) is 5.35. The molecule has 0 aliphatic rings. The van der Waals surface area contributed by atoms with Crippen LogP contribution in [0.4, 0.5) is 0 Å². The number of hydrogen-bond donors (Lipinski definition) is 1. The lowest BCUT2D eigenvalue weighted by molar-refractivity contribution is -0.141. The molecule has 0 spiro atoms. The smallest absolute Gasteiger partial charge is 0.308 e. The summed E-state index contributed by atoms with van der Waals surface area (Å²) >= 11 is 9.12. The van der Waals surface area contributed by atoms with Gasteiger partial charge >= 0.3 is 5.97 Å². The van der Waals surface area contributed by atoms with Crippen LogP contribution < -0.4 is 0 Å². The second-order valence-electron chi connectivity index (χ2n) is 4.07. The van der Waals surface area contributed by atoms with E-state index in [1.807, 2.05) is 0 Å². The SMILES string of the molecule is CCN(CC(C)C(=O)O)C(=O)c1cc(Br)cnc1Cl. The van der Waals surface area contributed by atoms with E-state index < -0.39 is 11.9 Å². The van der Waals surface area contributed by atoms with Crippen LogP contribution in [-0.2, 0) is 4.79 Å². The van der Waals surface area contributed by atoms with Crippen LogP contribution in [0.5, 0.6) is 0 Å². The van der Waals surface area contributed by atoms with Gasteiger partial charge in [0, 0.05) is 23.8 Å². The molecule has 1 heterocycles. The number of pyridine rings is 1. The average Bonchev–Trinajstić information content (AvgIpc) is 2.37. The highest BCUT2D eigenvalue weighted by Gasteiger charge is 2.22. The minimum Gasteiger partial charge on any atom is -0.481 e. The maximum Gasteiger partial charge on any atom is 0.308 e. The summed E-state index contributed by atoms with van der Waals surface area (Å²) in [4.78, 5) is 28.5. The Hall–Kier alpha value is -1.14. The van der Waals surface area contributed by atoms with Gasteiger partial charge in [0.25, 0.3) is 5.91 Å². The van der Waals surface area contributed by atoms with Gasteiger partial charge in [-0.3, -0.25) is 9.59 Å². The first kappa shape index (κ1) is 15.9. The zero-order chi connectivity index (χ0) is 14.6. The molecule has 104 valence electrons. The third-order valence-electron chi connectivity index (χ3n) is 2.62. The van der Waals surface area contributed by atoms with Crippen LogP contribution in [0, 0.1) is 5.92 Å². The second kappa shape index (κ2) is 6.86. The molecule has 1 aromatic heterocycles. The molecule has 0 saturated carbocycles. The molecule has 0 aliphatic carbocycles. The molecule has 1 unspecified atom stereocenters. The minimum absolute atomic E-state index is 0.106. The van der Waals surface area contributed by atoms with E-state index in [2.05, 4.69) is 20.9 Å². The van der Waals surface area contributed by atoms with E-state index in [1.54, 1.807) is 19.9 Å². The van der Waals surface area contributed by atoms with Crippen LogP contribution in [0.2, 0.25) is 5.15 Å². The third kappa shape index (κ3) is 4.18.